The summed E-state index contributed by atoms with van der Waals surface area (Å²) in [6.45, 7) is 0. The number of nitrogens with one attached hydrogen (secondary N) is 1. The minimum Gasteiger partial charge on any atom is -0.397 e. The van der Waals surface area contributed by atoms with E-state index in [9.17, 15) is 8.42 Å². The van der Waals surface area contributed by atoms with Gasteiger partial charge >= 0.3 is 0 Å². The van der Waals surface area contributed by atoms with Crippen molar-refractivity contribution >= 4 is 55.0 Å². The quantitative estimate of drug-likeness (QED) is 0.628. The second-order valence-electron chi connectivity index (χ2n) is 3.25. The van der Waals surface area contributed by atoms with E-state index in [4.69, 9.17) is 10.3 Å². The Bertz CT molecular complexity index is 650. The van der Waals surface area contributed by atoms with Crippen LogP contribution in [0.15, 0.2) is 16.7 Å². The van der Waals surface area contributed by atoms with Gasteiger partial charge < -0.3 is 10.3 Å². The number of rotatable bonds is 2. The molecule has 0 fully saturated rings. The van der Waals surface area contributed by atoms with Gasteiger partial charge in [-0.2, -0.15) is 0 Å². The van der Waals surface area contributed by atoms with E-state index in [0.29, 0.717) is 26.0 Å². The van der Waals surface area contributed by atoms with Gasteiger partial charge in [-0.15, -0.1) is 0 Å². The molecule has 8 heteroatoms. The van der Waals surface area contributed by atoms with Crippen LogP contribution in [-0.4, -0.2) is 19.8 Å². The fourth-order valence-electron chi connectivity index (χ4n) is 1.31. The van der Waals surface area contributed by atoms with Gasteiger partial charge in [-0.25, -0.2) is 8.42 Å². The van der Waals surface area contributed by atoms with Gasteiger partial charge in [0, 0.05) is 0 Å². The van der Waals surface area contributed by atoms with Crippen LogP contribution in [0.2, 0.25) is 0 Å². The average molecular weight is 353 g/mol. The van der Waals surface area contributed by atoms with Crippen LogP contribution in [0, 0.1) is 3.70 Å². The van der Waals surface area contributed by atoms with Crippen molar-refractivity contribution in [3.05, 3.63) is 15.8 Å². The summed E-state index contributed by atoms with van der Waals surface area (Å²) in [5, 5.41) is 4.32. The van der Waals surface area contributed by atoms with Gasteiger partial charge in [-0.3, -0.25) is 4.72 Å². The highest BCUT2D eigenvalue weighted by molar-refractivity contribution is 14.1. The minimum atomic E-state index is -3.39. The maximum atomic E-state index is 11.2. The van der Waals surface area contributed by atoms with Gasteiger partial charge in [-0.1, -0.05) is 5.16 Å². The second-order valence-corrected chi connectivity index (χ2v) is 6.02. The Morgan fingerprint density at radius 1 is 1.50 bits per heavy atom. The minimum absolute atomic E-state index is 0.311. The molecule has 0 aliphatic rings. The van der Waals surface area contributed by atoms with Crippen LogP contribution in [-0.2, 0) is 10.0 Å². The number of nitrogen functional groups attached to an aromatic ring is 1. The summed E-state index contributed by atoms with van der Waals surface area (Å²) < 4.78 is 30.4. The normalized spacial score (nSPS) is 11.9. The van der Waals surface area contributed by atoms with Crippen molar-refractivity contribution in [2.45, 2.75) is 0 Å². The molecule has 2 aromatic rings. The van der Waals surface area contributed by atoms with Gasteiger partial charge in [0.1, 0.15) is 0 Å². The third kappa shape index (κ3) is 2.07. The van der Waals surface area contributed by atoms with E-state index in [2.05, 4.69) is 9.88 Å². The molecule has 3 N–H and O–H groups in total. The molecular formula is C8H8IN3O3S. The maximum Gasteiger partial charge on any atom is 0.229 e. The van der Waals surface area contributed by atoms with Gasteiger partial charge in [0.2, 0.25) is 10.0 Å². The number of fused-ring (bicyclic) bond motifs is 1. The van der Waals surface area contributed by atoms with Gasteiger partial charge in [0.25, 0.3) is 0 Å². The summed E-state index contributed by atoms with van der Waals surface area (Å²) in [4.78, 5) is 0. The monoisotopic (exact) mass is 353 g/mol. The molecular weight excluding hydrogens is 345 g/mol. The van der Waals surface area contributed by atoms with E-state index in [0.717, 1.165) is 6.26 Å². The topological polar surface area (TPSA) is 98.2 Å². The number of nitrogens with two attached hydrogens (primary N) is 1. The zero-order chi connectivity index (χ0) is 11.9. The standard InChI is InChI=1S/C8H8IN3O3S/c1-16(13,14)12-7-4(10)2-3-5-6(7)8(9)11-15-5/h2-3,12H,10H2,1H3. The Labute approximate surface area is 105 Å². The predicted molar refractivity (Wildman–Crippen MR) is 69.6 cm³/mol. The SMILES string of the molecule is CS(=O)(=O)Nc1c(N)ccc2onc(I)c12. The molecule has 1 heterocycles. The van der Waals surface area contributed by atoms with Gasteiger partial charge in [-0.05, 0) is 34.7 Å². The fraction of sp³-hybridized carbons (Fsp3) is 0.125. The summed E-state index contributed by atoms with van der Waals surface area (Å²) in [7, 11) is -3.39. The van der Waals surface area contributed by atoms with Crippen molar-refractivity contribution in [1.29, 1.82) is 0 Å². The molecule has 0 saturated heterocycles. The molecule has 0 unspecified atom stereocenters. The molecule has 1 aromatic heterocycles. The average Bonchev–Trinajstić information content (AvgIpc) is 2.51. The molecule has 0 bridgehead atoms. The van der Waals surface area contributed by atoms with Crippen LogP contribution >= 0.6 is 22.6 Å². The highest BCUT2D eigenvalue weighted by Crippen LogP contribution is 2.33. The molecule has 0 radical (unpaired) electrons. The zero-order valence-electron chi connectivity index (χ0n) is 8.19. The number of hydrogen-bond donors (Lipinski definition) is 2. The van der Waals surface area contributed by atoms with E-state index in [-0.39, 0.29) is 0 Å². The van der Waals surface area contributed by atoms with Crippen molar-refractivity contribution in [2.75, 3.05) is 16.7 Å². The first kappa shape index (κ1) is 11.5. The van der Waals surface area contributed by atoms with Crippen molar-refractivity contribution in [3.8, 4) is 0 Å². The number of aromatic nitrogens is 1. The van der Waals surface area contributed by atoms with Crippen LogP contribution in [0.3, 0.4) is 0 Å². The van der Waals surface area contributed by atoms with E-state index >= 15 is 0 Å². The lowest BCUT2D eigenvalue weighted by Crippen LogP contribution is -2.11. The third-order valence-electron chi connectivity index (χ3n) is 1.92. The van der Waals surface area contributed by atoms with Crippen molar-refractivity contribution in [1.82, 2.24) is 5.16 Å². The molecule has 0 aliphatic heterocycles. The van der Waals surface area contributed by atoms with Crippen LogP contribution in [0.5, 0.6) is 0 Å². The van der Waals surface area contributed by atoms with Crippen LogP contribution < -0.4 is 10.5 Å². The highest BCUT2D eigenvalue weighted by atomic mass is 127. The van der Waals surface area contributed by atoms with Crippen LogP contribution in [0.4, 0.5) is 11.4 Å². The number of sulfonamides is 1. The predicted octanol–water partition coefficient (Wildman–Crippen LogP) is 1.39. The first-order valence-corrected chi connectivity index (χ1v) is 7.16. The van der Waals surface area contributed by atoms with Crippen molar-refractivity contribution in [2.24, 2.45) is 0 Å². The molecule has 0 atom stereocenters. The van der Waals surface area contributed by atoms with Crippen molar-refractivity contribution < 1.29 is 12.9 Å². The van der Waals surface area contributed by atoms with E-state index in [1.165, 1.54) is 0 Å². The van der Waals surface area contributed by atoms with Gasteiger partial charge in [0.15, 0.2) is 9.28 Å². The van der Waals surface area contributed by atoms with Gasteiger partial charge in [0.05, 0.1) is 23.0 Å². The summed E-state index contributed by atoms with van der Waals surface area (Å²) in [6.07, 6.45) is 1.06. The molecule has 16 heavy (non-hydrogen) atoms. The first-order chi connectivity index (χ1) is 7.38. The van der Waals surface area contributed by atoms with Crippen molar-refractivity contribution in [3.63, 3.8) is 0 Å². The van der Waals surface area contributed by atoms with Crippen LogP contribution in [0.25, 0.3) is 11.0 Å². The lowest BCUT2D eigenvalue weighted by molar-refractivity contribution is 0.451. The summed E-state index contributed by atoms with van der Waals surface area (Å²) in [5.74, 6) is 0. The van der Waals surface area contributed by atoms with E-state index in [1.807, 2.05) is 22.6 Å². The molecule has 0 amide bonds. The number of anilines is 2. The Morgan fingerprint density at radius 2 is 2.19 bits per heavy atom. The molecule has 6 nitrogen and oxygen atoms in total. The maximum absolute atomic E-state index is 11.2. The lowest BCUT2D eigenvalue weighted by atomic mass is 10.2. The number of hydrogen-bond acceptors (Lipinski definition) is 5. The largest absolute Gasteiger partial charge is 0.397 e. The Morgan fingerprint density at radius 3 is 2.81 bits per heavy atom. The number of halogens is 1. The van der Waals surface area contributed by atoms with E-state index < -0.39 is 10.0 Å². The second kappa shape index (κ2) is 3.77. The number of nitrogens with zero attached hydrogens (tertiary/aromatic N) is 1. The van der Waals surface area contributed by atoms with E-state index in [1.54, 1.807) is 12.1 Å². The third-order valence-corrected chi connectivity index (χ3v) is 3.23. The zero-order valence-corrected chi connectivity index (χ0v) is 11.2. The molecule has 2 rings (SSSR count). The molecule has 0 saturated carbocycles. The Kier molecular flexibility index (Phi) is 2.70. The molecule has 0 aliphatic carbocycles. The fourth-order valence-corrected chi connectivity index (χ4v) is 2.54. The molecule has 0 spiro atoms. The molecule has 86 valence electrons. The Hall–Kier alpha value is -1.03. The summed E-state index contributed by atoms with van der Waals surface area (Å²) in [6, 6.07) is 3.21. The van der Waals surface area contributed by atoms with Crippen LogP contribution in [0.1, 0.15) is 0 Å². The first-order valence-electron chi connectivity index (χ1n) is 4.19. The summed E-state index contributed by atoms with van der Waals surface area (Å²) >= 11 is 1.95. The lowest BCUT2D eigenvalue weighted by Gasteiger charge is -2.07. The molecule has 1 aromatic carbocycles. The summed E-state index contributed by atoms with van der Waals surface area (Å²) in [5.41, 5.74) is 6.86. The highest BCUT2D eigenvalue weighted by Gasteiger charge is 2.16. The smallest absolute Gasteiger partial charge is 0.229 e. The number of benzene rings is 1. The Balaban J connectivity index is 2.74.